The van der Waals surface area contributed by atoms with E-state index in [9.17, 15) is 8.42 Å². The first-order chi connectivity index (χ1) is 8.94. The second-order valence-electron chi connectivity index (χ2n) is 4.27. The molecule has 0 bridgehead atoms. The van der Waals surface area contributed by atoms with Crippen LogP contribution in [0.1, 0.15) is 25.8 Å². The number of benzene rings is 1. The number of aryl methyl sites for hydroxylation is 1. The lowest BCUT2D eigenvalue weighted by atomic mass is 10.2. The Morgan fingerprint density at radius 2 is 2.05 bits per heavy atom. The van der Waals surface area contributed by atoms with Gasteiger partial charge < -0.3 is 9.84 Å². The molecule has 0 aliphatic carbocycles. The summed E-state index contributed by atoms with van der Waals surface area (Å²) in [6.45, 7) is 5.80. The third-order valence-corrected chi connectivity index (χ3v) is 4.31. The van der Waals surface area contributed by atoms with Gasteiger partial charge in [-0.05, 0) is 44.0 Å². The van der Waals surface area contributed by atoms with Crippen molar-refractivity contribution in [1.29, 1.82) is 0 Å². The van der Waals surface area contributed by atoms with E-state index in [4.69, 9.17) is 9.84 Å². The predicted octanol–water partition coefficient (Wildman–Crippen LogP) is 1.44. The third kappa shape index (κ3) is 4.19. The summed E-state index contributed by atoms with van der Waals surface area (Å²) < 4.78 is 32.1. The zero-order chi connectivity index (χ0) is 14.5. The van der Waals surface area contributed by atoms with Gasteiger partial charge in [0.15, 0.2) is 0 Å². The molecule has 0 spiro atoms. The molecule has 108 valence electrons. The second-order valence-corrected chi connectivity index (χ2v) is 5.98. The van der Waals surface area contributed by atoms with Gasteiger partial charge in [-0.3, -0.25) is 0 Å². The average Bonchev–Trinajstić information content (AvgIpc) is 2.38. The number of sulfonamides is 1. The minimum absolute atomic E-state index is 0.181. The van der Waals surface area contributed by atoms with Gasteiger partial charge in [0, 0.05) is 6.04 Å². The fourth-order valence-corrected chi connectivity index (χ4v) is 3.04. The Kier molecular flexibility index (Phi) is 5.78. The number of aliphatic hydroxyl groups excluding tert-OH is 1. The number of hydrogen-bond donors (Lipinski definition) is 2. The Morgan fingerprint density at radius 1 is 1.37 bits per heavy atom. The molecular weight excluding hydrogens is 266 g/mol. The van der Waals surface area contributed by atoms with E-state index in [-0.39, 0.29) is 11.5 Å². The predicted molar refractivity (Wildman–Crippen MR) is 73.8 cm³/mol. The maximum absolute atomic E-state index is 12.1. The molecule has 1 aromatic carbocycles. The molecule has 19 heavy (non-hydrogen) atoms. The zero-order valence-electron chi connectivity index (χ0n) is 11.5. The number of ether oxygens (including phenoxy) is 1. The van der Waals surface area contributed by atoms with Gasteiger partial charge in [0.05, 0.1) is 18.1 Å². The molecule has 6 heteroatoms. The number of aliphatic hydroxyl groups is 1. The van der Waals surface area contributed by atoms with Crippen LogP contribution < -0.4 is 9.46 Å². The van der Waals surface area contributed by atoms with Crippen LogP contribution in [0.25, 0.3) is 0 Å². The van der Waals surface area contributed by atoms with E-state index in [1.165, 1.54) is 6.07 Å². The lowest BCUT2D eigenvalue weighted by Crippen LogP contribution is -2.36. The summed E-state index contributed by atoms with van der Waals surface area (Å²) in [5, 5.41) is 9.06. The lowest BCUT2D eigenvalue weighted by molar-refractivity contribution is 0.254. The highest BCUT2D eigenvalue weighted by molar-refractivity contribution is 7.89. The number of rotatable bonds is 7. The van der Waals surface area contributed by atoms with Crippen LogP contribution >= 0.6 is 0 Å². The smallest absolute Gasteiger partial charge is 0.240 e. The van der Waals surface area contributed by atoms with E-state index in [1.807, 2.05) is 13.8 Å². The monoisotopic (exact) mass is 287 g/mol. The Hall–Kier alpha value is -1.11. The Morgan fingerprint density at radius 3 is 2.53 bits per heavy atom. The van der Waals surface area contributed by atoms with Crippen molar-refractivity contribution in [2.75, 3.05) is 13.2 Å². The zero-order valence-corrected chi connectivity index (χ0v) is 12.3. The van der Waals surface area contributed by atoms with Gasteiger partial charge in [0.1, 0.15) is 5.75 Å². The van der Waals surface area contributed by atoms with Crippen molar-refractivity contribution >= 4 is 10.0 Å². The molecule has 0 saturated heterocycles. The first kappa shape index (κ1) is 15.9. The highest BCUT2D eigenvalue weighted by atomic mass is 32.2. The molecule has 0 fully saturated rings. The summed E-state index contributed by atoms with van der Waals surface area (Å²) in [4.78, 5) is 0.181. The van der Waals surface area contributed by atoms with Crippen molar-refractivity contribution in [3.63, 3.8) is 0 Å². The molecule has 0 amide bonds. The largest absolute Gasteiger partial charge is 0.494 e. The summed E-state index contributed by atoms with van der Waals surface area (Å²) in [5.41, 5.74) is 0.766. The van der Waals surface area contributed by atoms with E-state index in [1.54, 1.807) is 19.1 Å². The van der Waals surface area contributed by atoms with Crippen LogP contribution in [0.3, 0.4) is 0 Å². The van der Waals surface area contributed by atoms with Crippen LogP contribution in [0.5, 0.6) is 5.75 Å². The number of nitrogens with one attached hydrogen (secondary N) is 1. The van der Waals surface area contributed by atoms with Crippen molar-refractivity contribution in [1.82, 2.24) is 4.72 Å². The van der Waals surface area contributed by atoms with Crippen LogP contribution in [0, 0.1) is 6.92 Å². The highest BCUT2D eigenvalue weighted by Crippen LogP contribution is 2.21. The van der Waals surface area contributed by atoms with Crippen LogP contribution in [0.4, 0.5) is 0 Å². The lowest BCUT2D eigenvalue weighted by Gasteiger charge is -2.15. The first-order valence-electron chi connectivity index (χ1n) is 6.31. The average molecular weight is 287 g/mol. The number of hydrogen-bond acceptors (Lipinski definition) is 4. The molecule has 0 radical (unpaired) electrons. The van der Waals surface area contributed by atoms with Crippen LogP contribution in [0.15, 0.2) is 23.1 Å². The fraction of sp³-hybridized carbons (Fsp3) is 0.538. The van der Waals surface area contributed by atoms with Crippen LogP contribution in [0.2, 0.25) is 0 Å². The molecule has 1 atom stereocenters. The Labute approximate surface area is 114 Å². The van der Waals surface area contributed by atoms with Crippen molar-refractivity contribution in [3.8, 4) is 5.75 Å². The van der Waals surface area contributed by atoms with Crippen molar-refractivity contribution in [2.45, 2.75) is 38.1 Å². The molecule has 0 aromatic heterocycles. The maximum atomic E-state index is 12.1. The van der Waals surface area contributed by atoms with E-state index in [2.05, 4.69) is 4.72 Å². The molecule has 0 saturated carbocycles. The molecule has 1 aromatic rings. The quantitative estimate of drug-likeness (QED) is 0.795. The molecule has 0 aliphatic heterocycles. The van der Waals surface area contributed by atoms with E-state index >= 15 is 0 Å². The van der Waals surface area contributed by atoms with E-state index in [0.717, 1.165) is 5.56 Å². The first-order valence-corrected chi connectivity index (χ1v) is 7.79. The summed E-state index contributed by atoms with van der Waals surface area (Å²) in [6.07, 6.45) is 0.533. The maximum Gasteiger partial charge on any atom is 0.240 e. The van der Waals surface area contributed by atoms with Gasteiger partial charge in [-0.2, -0.15) is 0 Å². The summed E-state index contributed by atoms with van der Waals surface area (Å²) in [6, 6.07) is 4.26. The summed E-state index contributed by atoms with van der Waals surface area (Å²) in [5.74, 6) is 0.677. The van der Waals surface area contributed by atoms with E-state index in [0.29, 0.717) is 18.8 Å². The molecule has 2 N–H and O–H groups in total. The van der Waals surface area contributed by atoms with Gasteiger partial charge in [0.2, 0.25) is 10.0 Å². The Balaban J connectivity index is 2.99. The van der Waals surface area contributed by atoms with Gasteiger partial charge in [-0.25, -0.2) is 13.1 Å². The molecule has 1 rings (SSSR count). The van der Waals surface area contributed by atoms with Crippen LogP contribution in [-0.2, 0) is 10.0 Å². The van der Waals surface area contributed by atoms with Crippen molar-refractivity contribution < 1.29 is 18.3 Å². The molecule has 0 unspecified atom stereocenters. The summed E-state index contributed by atoms with van der Waals surface area (Å²) >= 11 is 0. The van der Waals surface area contributed by atoms with E-state index < -0.39 is 16.1 Å². The molecule has 0 heterocycles. The standard InChI is InChI=1S/C13H21NO4S/c1-4-11(9-15)14-19(16,17)12-6-7-13(18-5-2)10(3)8-12/h6-8,11,14-15H,4-5,9H2,1-3H3/t11-/m0/s1. The SMILES string of the molecule is CCOc1ccc(S(=O)(=O)N[C@@H](CC)CO)cc1C. The topological polar surface area (TPSA) is 75.6 Å². The molecule has 5 nitrogen and oxygen atoms in total. The van der Waals surface area contributed by atoms with Gasteiger partial charge in [-0.15, -0.1) is 0 Å². The van der Waals surface area contributed by atoms with Gasteiger partial charge in [0.25, 0.3) is 0 Å². The minimum Gasteiger partial charge on any atom is -0.494 e. The second kappa shape index (κ2) is 6.88. The van der Waals surface area contributed by atoms with Gasteiger partial charge in [-0.1, -0.05) is 6.92 Å². The normalized spacial score (nSPS) is 13.3. The van der Waals surface area contributed by atoms with Crippen molar-refractivity contribution in [3.05, 3.63) is 23.8 Å². The highest BCUT2D eigenvalue weighted by Gasteiger charge is 2.19. The third-order valence-electron chi connectivity index (χ3n) is 2.79. The fourth-order valence-electron chi connectivity index (χ4n) is 1.64. The molecular formula is C13H21NO4S. The Bertz CT molecular complexity index is 509. The van der Waals surface area contributed by atoms with Crippen LogP contribution in [-0.4, -0.2) is 32.8 Å². The summed E-state index contributed by atoms with van der Waals surface area (Å²) in [7, 11) is -3.60. The minimum atomic E-state index is -3.60. The van der Waals surface area contributed by atoms with Crippen molar-refractivity contribution in [2.24, 2.45) is 0 Å². The van der Waals surface area contributed by atoms with Gasteiger partial charge >= 0.3 is 0 Å². The molecule has 0 aliphatic rings.